The molecule has 37 heavy (non-hydrogen) atoms. The lowest BCUT2D eigenvalue weighted by Crippen LogP contribution is -2.65. The second kappa shape index (κ2) is 13.8. The minimum absolute atomic E-state index is 0.00523. The summed E-state index contributed by atoms with van der Waals surface area (Å²) in [6.07, 6.45) is 3.94. The Morgan fingerprint density at radius 2 is 1.41 bits per heavy atom. The Hall–Kier alpha value is -2.60. The molecule has 10 heteroatoms. The number of hydrogen-bond acceptors (Lipinski definition) is 8. The Morgan fingerprint density at radius 3 is 2.00 bits per heavy atom. The van der Waals surface area contributed by atoms with Gasteiger partial charge in [-0.15, -0.1) is 0 Å². The zero-order valence-corrected chi connectivity index (χ0v) is 22.3. The molecule has 204 valence electrons. The highest BCUT2D eigenvalue weighted by Crippen LogP contribution is 2.37. The summed E-state index contributed by atoms with van der Waals surface area (Å²) in [5.74, 6) is -3.87. The Kier molecular flexibility index (Phi) is 10.8. The Morgan fingerprint density at radius 1 is 0.811 bits per heavy atom. The molecule has 1 aromatic carbocycles. The number of aromatic nitrogens is 2. The van der Waals surface area contributed by atoms with E-state index < -0.39 is 18.6 Å². The topological polar surface area (TPSA) is 75.9 Å². The maximum absolute atomic E-state index is 13.2. The van der Waals surface area contributed by atoms with Crippen molar-refractivity contribution in [2.75, 3.05) is 58.4 Å². The normalized spacial score (nSPS) is 12.4. The zero-order chi connectivity index (χ0) is 26.7. The van der Waals surface area contributed by atoms with Gasteiger partial charge in [-0.3, -0.25) is 4.74 Å². The molecule has 2 heterocycles. The van der Waals surface area contributed by atoms with E-state index in [0.717, 1.165) is 22.6 Å². The van der Waals surface area contributed by atoms with Gasteiger partial charge in [-0.2, -0.15) is 0 Å². The lowest BCUT2D eigenvalue weighted by molar-refractivity contribution is -0.559. The lowest BCUT2D eigenvalue weighted by atomic mass is 10.1. The van der Waals surface area contributed by atoms with Gasteiger partial charge in [-0.25, -0.2) is 9.37 Å². The SMILES string of the molecule is CCOC(OCC)(OCCF)C(OCC)(OCC)OCN(C)c1ccccc1-c1cn2ccccc2n1. The zero-order valence-electron chi connectivity index (χ0n) is 22.3. The summed E-state index contributed by atoms with van der Waals surface area (Å²) in [5, 5.41) is 0. The largest absolute Gasteiger partial charge is 0.372 e. The molecule has 0 aliphatic heterocycles. The predicted octanol–water partition coefficient (Wildman–Crippen LogP) is 4.85. The molecule has 0 atom stereocenters. The molecule has 3 rings (SSSR count). The van der Waals surface area contributed by atoms with Crippen molar-refractivity contribution in [1.29, 1.82) is 0 Å². The van der Waals surface area contributed by atoms with Crippen molar-refractivity contribution in [3.05, 3.63) is 54.9 Å². The molecule has 0 aliphatic carbocycles. The van der Waals surface area contributed by atoms with E-state index in [9.17, 15) is 4.39 Å². The van der Waals surface area contributed by atoms with Crippen LogP contribution in [0.25, 0.3) is 16.9 Å². The van der Waals surface area contributed by atoms with Gasteiger partial charge in [-0.05, 0) is 45.9 Å². The van der Waals surface area contributed by atoms with Crippen LogP contribution in [0, 0.1) is 0 Å². The Bertz CT molecular complexity index is 1050. The number of fused-ring (bicyclic) bond motifs is 1. The molecule has 9 nitrogen and oxygen atoms in total. The van der Waals surface area contributed by atoms with E-state index in [-0.39, 0.29) is 39.8 Å². The van der Waals surface area contributed by atoms with Crippen LogP contribution < -0.4 is 4.90 Å². The van der Waals surface area contributed by atoms with E-state index in [2.05, 4.69) is 0 Å². The third kappa shape index (κ3) is 6.46. The number of alkyl halides is 1. The smallest absolute Gasteiger partial charge is 0.351 e. The van der Waals surface area contributed by atoms with Crippen LogP contribution in [0.3, 0.4) is 0 Å². The third-order valence-electron chi connectivity index (χ3n) is 5.49. The summed E-state index contributed by atoms with van der Waals surface area (Å²) < 4.78 is 51.0. The fraction of sp³-hybridized carbons (Fsp3) is 0.519. The van der Waals surface area contributed by atoms with Crippen LogP contribution in [0.1, 0.15) is 27.7 Å². The highest BCUT2D eigenvalue weighted by Gasteiger charge is 2.61. The van der Waals surface area contributed by atoms with Crippen molar-refractivity contribution in [2.45, 2.75) is 39.6 Å². The van der Waals surface area contributed by atoms with Crippen molar-refractivity contribution in [3.63, 3.8) is 0 Å². The summed E-state index contributed by atoms with van der Waals surface area (Å²) in [6, 6.07) is 13.7. The number of halogens is 1. The van der Waals surface area contributed by atoms with Gasteiger partial charge in [0, 0.05) is 57.1 Å². The molecule has 0 bridgehead atoms. The second-order valence-electron chi connectivity index (χ2n) is 7.96. The van der Waals surface area contributed by atoms with Gasteiger partial charge >= 0.3 is 11.9 Å². The van der Waals surface area contributed by atoms with E-state index in [1.807, 2.05) is 71.2 Å². The number of rotatable bonds is 17. The van der Waals surface area contributed by atoms with E-state index in [0.29, 0.717) is 0 Å². The molecule has 0 saturated carbocycles. The van der Waals surface area contributed by atoms with Crippen LogP contribution in [0.5, 0.6) is 0 Å². The quantitative estimate of drug-likeness (QED) is 0.234. The Balaban J connectivity index is 1.95. The first-order valence-corrected chi connectivity index (χ1v) is 12.6. The van der Waals surface area contributed by atoms with Crippen LogP contribution in [0.15, 0.2) is 54.9 Å². The van der Waals surface area contributed by atoms with Crippen molar-refractivity contribution in [2.24, 2.45) is 0 Å². The summed E-state index contributed by atoms with van der Waals surface area (Å²) in [6.45, 7) is 6.85. The van der Waals surface area contributed by atoms with Crippen LogP contribution in [0.4, 0.5) is 10.1 Å². The first kappa shape index (κ1) is 29.0. The monoisotopic (exact) mass is 519 g/mol. The maximum atomic E-state index is 13.2. The summed E-state index contributed by atoms with van der Waals surface area (Å²) in [5.41, 5.74) is 3.46. The van der Waals surface area contributed by atoms with Crippen molar-refractivity contribution in [1.82, 2.24) is 9.38 Å². The lowest BCUT2D eigenvalue weighted by Gasteiger charge is -2.46. The highest BCUT2D eigenvalue weighted by molar-refractivity contribution is 5.77. The molecular weight excluding hydrogens is 481 g/mol. The molecule has 3 aromatic rings. The van der Waals surface area contributed by atoms with Crippen molar-refractivity contribution in [3.8, 4) is 11.3 Å². The summed E-state index contributed by atoms with van der Waals surface area (Å²) in [7, 11) is 1.88. The van der Waals surface area contributed by atoms with Crippen LogP contribution in [0.2, 0.25) is 0 Å². The molecule has 0 amide bonds. The molecule has 0 saturated heterocycles. The molecule has 0 fully saturated rings. The molecule has 2 aromatic heterocycles. The van der Waals surface area contributed by atoms with Crippen LogP contribution in [-0.4, -0.2) is 74.8 Å². The molecule has 0 unspecified atom stereocenters. The van der Waals surface area contributed by atoms with Gasteiger partial charge in [0.25, 0.3) is 0 Å². The van der Waals surface area contributed by atoms with E-state index in [4.69, 9.17) is 33.4 Å². The van der Waals surface area contributed by atoms with Gasteiger partial charge in [0.1, 0.15) is 19.1 Å². The second-order valence-corrected chi connectivity index (χ2v) is 7.96. The average Bonchev–Trinajstić information content (AvgIpc) is 3.35. The number of anilines is 1. The van der Waals surface area contributed by atoms with Gasteiger partial charge in [0.2, 0.25) is 0 Å². The first-order valence-electron chi connectivity index (χ1n) is 12.6. The van der Waals surface area contributed by atoms with Crippen molar-refractivity contribution >= 4 is 11.3 Å². The number of pyridine rings is 1. The van der Waals surface area contributed by atoms with Gasteiger partial charge in [-0.1, -0.05) is 24.3 Å². The molecule has 0 radical (unpaired) electrons. The number of nitrogens with zero attached hydrogens (tertiary/aromatic N) is 3. The standard InChI is InChI=1S/C27H38FN3O6/c1-6-32-26(33-7-2,36-19-17-28)27(34-8-3,35-9-4)37-21-30(5)24-15-11-10-14-22(24)23-20-31-18-13-12-16-25(31)29-23/h10-16,18,20H,6-9,17,19,21H2,1-5H3. The van der Waals surface area contributed by atoms with Crippen LogP contribution in [-0.2, 0) is 28.4 Å². The number of para-hydroxylation sites is 1. The fourth-order valence-corrected chi connectivity index (χ4v) is 4.05. The molecule has 0 spiro atoms. The van der Waals surface area contributed by atoms with E-state index >= 15 is 0 Å². The van der Waals surface area contributed by atoms with E-state index in [1.165, 1.54) is 0 Å². The fourth-order valence-electron chi connectivity index (χ4n) is 4.05. The number of imidazole rings is 1. The van der Waals surface area contributed by atoms with E-state index in [1.54, 1.807) is 27.7 Å². The van der Waals surface area contributed by atoms with Gasteiger partial charge < -0.3 is 33.0 Å². The van der Waals surface area contributed by atoms with Gasteiger partial charge in [0.05, 0.1) is 12.3 Å². The minimum atomic E-state index is -1.95. The van der Waals surface area contributed by atoms with Gasteiger partial charge in [0.15, 0.2) is 0 Å². The number of benzene rings is 1. The van der Waals surface area contributed by atoms with Crippen molar-refractivity contribution < 1.29 is 32.8 Å². The third-order valence-corrected chi connectivity index (χ3v) is 5.49. The molecular formula is C27H38FN3O6. The molecule has 0 N–H and O–H groups in total. The minimum Gasteiger partial charge on any atom is -0.351 e. The van der Waals surface area contributed by atoms with Crippen LogP contribution >= 0.6 is 0 Å². The first-order chi connectivity index (χ1) is 18.0. The predicted molar refractivity (Wildman–Crippen MR) is 139 cm³/mol. The Labute approximate surface area is 218 Å². The number of hydrogen-bond donors (Lipinski definition) is 0. The highest BCUT2D eigenvalue weighted by atomic mass is 19.1. The summed E-state index contributed by atoms with van der Waals surface area (Å²) >= 11 is 0. The maximum Gasteiger partial charge on any atom is 0.372 e. The molecule has 0 aliphatic rings. The number of ether oxygens (including phenoxy) is 6. The summed E-state index contributed by atoms with van der Waals surface area (Å²) in [4.78, 5) is 6.66. The average molecular weight is 520 g/mol.